The number of nitrogens with zero attached hydrogens (tertiary/aromatic N) is 4. The van der Waals surface area contributed by atoms with Crippen molar-refractivity contribution in [3.8, 4) is 11.3 Å². The summed E-state index contributed by atoms with van der Waals surface area (Å²) < 4.78 is 2.06. The first-order valence-corrected chi connectivity index (χ1v) is 14.1. The Morgan fingerprint density at radius 2 is 1.00 bits per heavy atom. The molecule has 0 saturated heterocycles. The number of anilines is 6. The molecule has 202 valence electrons. The van der Waals surface area contributed by atoms with E-state index in [0.29, 0.717) is 0 Å². The summed E-state index contributed by atoms with van der Waals surface area (Å²) in [6.07, 6.45) is 4.12. The van der Waals surface area contributed by atoms with E-state index in [9.17, 15) is 0 Å². The minimum absolute atomic E-state index is 0.945. The van der Waals surface area contributed by atoms with Gasteiger partial charge >= 0.3 is 0 Å². The average Bonchev–Trinajstić information content (AvgIpc) is 3.49. The van der Waals surface area contributed by atoms with Crippen LogP contribution in [0.4, 0.5) is 34.1 Å². The molecule has 0 N–H and O–H groups in total. The van der Waals surface area contributed by atoms with Crippen LogP contribution in [0, 0.1) is 6.92 Å². The Kier molecular flexibility index (Phi) is 6.71. The lowest BCUT2D eigenvalue weighted by Crippen LogP contribution is -2.13. The van der Waals surface area contributed by atoms with Gasteiger partial charge in [0, 0.05) is 52.1 Å². The highest BCUT2D eigenvalue weighted by Gasteiger charge is 2.17. The molecule has 0 spiro atoms. The summed E-state index contributed by atoms with van der Waals surface area (Å²) in [7, 11) is 0. The molecule has 0 atom stereocenters. The molecule has 0 aliphatic rings. The van der Waals surface area contributed by atoms with Gasteiger partial charge in [0.2, 0.25) is 0 Å². The van der Waals surface area contributed by atoms with Crippen LogP contribution in [0.25, 0.3) is 16.9 Å². The summed E-state index contributed by atoms with van der Waals surface area (Å²) in [5.41, 5.74) is 10.9. The van der Waals surface area contributed by atoms with E-state index in [0.717, 1.165) is 51.0 Å². The van der Waals surface area contributed by atoms with E-state index in [-0.39, 0.29) is 0 Å². The van der Waals surface area contributed by atoms with E-state index in [1.54, 1.807) is 0 Å². The summed E-state index contributed by atoms with van der Waals surface area (Å²) in [5.74, 6) is 0. The Bertz CT molecular complexity index is 1860. The van der Waals surface area contributed by atoms with Crippen molar-refractivity contribution in [2.24, 2.45) is 0 Å². The first-order chi connectivity index (χ1) is 20.7. The normalized spacial score (nSPS) is 11.0. The van der Waals surface area contributed by atoms with Gasteiger partial charge < -0.3 is 14.2 Å². The van der Waals surface area contributed by atoms with Gasteiger partial charge in [-0.15, -0.1) is 0 Å². The van der Waals surface area contributed by atoms with Gasteiger partial charge in [-0.05, 0) is 97.4 Å². The van der Waals surface area contributed by atoms with Crippen LogP contribution in [-0.2, 0) is 0 Å². The number of imidazole rings is 1. The van der Waals surface area contributed by atoms with Crippen molar-refractivity contribution < 1.29 is 0 Å². The number of hydrogen-bond donors (Lipinski definition) is 0. The van der Waals surface area contributed by atoms with E-state index >= 15 is 0 Å². The van der Waals surface area contributed by atoms with Crippen LogP contribution in [0.1, 0.15) is 5.56 Å². The molecule has 0 unspecified atom stereocenters. The first kappa shape index (κ1) is 25.4. The molecule has 4 heteroatoms. The zero-order chi connectivity index (χ0) is 28.3. The highest BCUT2D eigenvalue weighted by molar-refractivity contribution is 5.83. The van der Waals surface area contributed by atoms with E-state index in [2.05, 4.69) is 161 Å². The van der Waals surface area contributed by atoms with E-state index in [1.807, 2.05) is 24.4 Å². The van der Waals surface area contributed by atoms with Crippen LogP contribution >= 0.6 is 0 Å². The molecule has 0 aliphatic carbocycles. The number of aryl methyl sites for hydroxylation is 1. The van der Waals surface area contributed by atoms with Gasteiger partial charge in [-0.25, -0.2) is 4.98 Å². The fourth-order valence-corrected chi connectivity index (χ4v) is 5.50. The van der Waals surface area contributed by atoms with Crippen molar-refractivity contribution in [3.63, 3.8) is 0 Å². The molecular formula is C38H30N4. The zero-order valence-corrected chi connectivity index (χ0v) is 23.4. The molecule has 0 saturated carbocycles. The Morgan fingerprint density at radius 3 is 1.55 bits per heavy atom. The van der Waals surface area contributed by atoms with Crippen LogP contribution < -0.4 is 9.80 Å². The second kappa shape index (κ2) is 11.1. The lowest BCUT2D eigenvalue weighted by molar-refractivity contribution is 1.19. The van der Waals surface area contributed by atoms with Crippen LogP contribution in [0.3, 0.4) is 0 Å². The summed E-state index contributed by atoms with van der Waals surface area (Å²) in [5, 5.41) is 0. The molecule has 0 radical (unpaired) electrons. The van der Waals surface area contributed by atoms with Gasteiger partial charge in [0.25, 0.3) is 0 Å². The van der Waals surface area contributed by atoms with Crippen molar-refractivity contribution in [2.45, 2.75) is 6.92 Å². The SMILES string of the molecule is Cc1cc(-c2cn3ccccc3n2)ccc1N(c1ccccc1)c1ccc(N(c2ccccc2)c2ccccc2)cc1. The van der Waals surface area contributed by atoms with Crippen LogP contribution in [0.2, 0.25) is 0 Å². The molecule has 0 aliphatic heterocycles. The molecule has 0 amide bonds. The molecule has 7 aromatic rings. The second-order valence-electron chi connectivity index (χ2n) is 10.3. The van der Waals surface area contributed by atoms with Gasteiger partial charge in [0.15, 0.2) is 0 Å². The van der Waals surface area contributed by atoms with Crippen molar-refractivity contribution in [1.82, 2.24) is 9.38 Å². The van der Waals surface area contributed by atoms with E-state index < -0.39 is 0 Å². The number of para-hydroxylation sites is 3. The van der Waals surface area contributed by atoms with Crippen molar-refractivity contribution in [1.29, 1.82) is 0 Å². The Balaban J connectivity index is 1.28. The number of pyridine rings is 1. The van der Waals surface area contributed by atoms with Crippen molar-refractivity contribution in [3.05, 3.63) is 170 Å². The second-order valence-corrected chi connectivity index (χ2v) is 10.3. The number of rotatable bonds is 7. The standard InChI is InChI=1S/C38H30N4/c1-29-27-30(36-28-40-26-12-11-19-38(40)39-36)20-25-37(29)42(33-17-9-4-10-18-33)35-23-21-34(22-24-35)41(31-13-5-2-6-14-31)32-15-7-3-8-16-32/h2-28H,1H3. The largest absolute Gasteiger partial charge is 0.311 e. The molecule has 0 bridgehead atoms. The number of hydrogen-bond acceptors (Lipinski definition) is 3. The highest BCUT2D eigenvalue weighted by Crippen LogP contribution is 2.40. The molecule has 2 heterocycles. The van der Waals surface area contributed by atoms with Gasteiger partial charge in [-0.2, -0.15) is 0 Å². The summed E-state index contributed by atoms with van der Waals surface area (Å²) in [6.45, 7) is 2.17. The lowest BCUT2D eigenvalue weighted by Gasteiger charge is -2.29. The lowest BCUT2D eigenvalue weighted by atomic mass is 10.0. The highest BCUT2D eigenvalue weighted by atomic mass is 15.2. The van der Waals surface area contributed by atoms with E-state index in [4.69, 9.17) is 4.98 Å². The molecule has 2 aromatic heterocycles. The smallest absolute Gasteiger partial charge is 0.137 e. The van der Waals surface area contributed by atoms with Gasteiger partial charge in [0.1, 0.15) is 5.65 Å². The predicted octanol–water partition coefficient (Wildman–Crippen LogP) is 10.2. The maximum absolute atomic E-state index is 4.84. The number of aromatic nitrogens is 2. The fraction of sp³-hybridized carbons (Fsp3) is 0.0263. The van der Waals surface area contributed by atoms with Gasteiger partial charge in [-0.1, -0.05) is 66.7 Å². The zero-order valence-electron chi connectivity index (χ0n) is 23.4. The Morgan fingerprint density at radius 1 is 0.500 bits per heavy atom. The molecule has 5 aromatic carbocycles. The number of benzene rings is 5. The van der Waals surface area contributed by atoms with Gasteiger partial charge in [0.05, 0.1) is 5.69 Å². The third-order valence-electron chi connectivity index (χ3n) is 7.51. The van der Waals surface area contributed by atoms with Crippen molar-refractivity contribution >= 4 is 39.8 Å². The molecule has 42 heavy (non-hydrogen) atoms. The number of fused-ring (bicyclic) bond motifs is 1. The topological polar surface area (TPSA) is 23.8 Å². The Labute approximate surface area is 246 Å². The van der Waals surface area contributed by atoms with Crippen LogP contribution in [0.5, 0.6) is 0 Å². The summed E-state index contributed by atoms with van der Waals surface area (Å²) in [4.78, 5) is 9.44. The molecule has 4 nitrogen and oxygen atoms in total. The minimum Gasteiger partial charge on any atom is -0.311 e. The Hall–Kier alpha value is -5.61. The predicted molar refractivity (Wildman–Crippen MR) is 175 cm³/mol. The molecular weight excluding hydrogens is 512 g/mol. The maximum Gasteiger partial charge on any atom is 0.137 e. The summed E-state index contributed by atoms with van der Waals surface area (Å²) in [6, 6.07) is 53.0. The van der Waals surface area contributed by atoms with E-state index in [1.165, 1.54) is 5.56 Å². The molecule has 7 rings (SSSR count). The van der Waals surface area contributed by atoms with Crippen LogP contribution in [0.15, 0.2) is 164 Å². The quantitative estimate of drug-likeness (QED) is 0.200. The minimum atomic E-state index is 0.945. The van der Waals surface area contributed by atoms with Crippen LogP contribution in [-0.4, -0.2) is 9.38 Å². The third-order valence-corrected chi connectivity index (χ3v) is 7.51. The summed E-state index contributed by atoms with van der Waals surface area (Å²) >= 11 is 0. The maximum atomic E-state index is 4.84. The van der Waals surface area contributed by atoms with Crippen molar-refractivity contribution in [2.75, 3.05) is 9.80 Å². The fourth-order valence-electron chi connectivity index (χ4n) is 5.50. The molecule has 0 fully saturated rings. The van der Waals surface area contributed by atoms with Gasteiger partial charge in [-0.3, -0.25) is 0 Å². The average molecular weight is 543 g/mol. The first-order valence-electron chi connectivity index (χ1n) is 14.1. The monoisotopic (exact) mass is 542 g/mol. The third kappa shape index (κ3) is 4.91.